The third-order valence-corrected chi connectivity index (χ3v) is 3.14. The van der Waals surface area contributed by atoms with E-state index in [1.54, 1.807) is 6.08 Å². The molecule has 0 aromatic heterocycles. The van der Waals surface area contributed by atoms with Crippen molar-refractivity contribution in [1.29, 1.82) is 0 Å². The molecule has 0 saturated heterocycles. The SMILES string of the molecule is O=C(/C=C/c1cccc2c1OCCO2)c1ccc(F)cc1. The summed E-state index contributed by atoms with van der Waals surface area (Å²) >= 11 is 0. The molecule has 0 spiro atoms. The number of halogens is 1. The first-order valence-electron chi connectivity index (χ1n) is 6.60. The summed E-state index contributed by atoms with van der Waals surface area (Å²) in [5.41, 5.74) is 1.22. The Balaban J connectivity index is 1.83. The van der Waals surface area contributed by atoms with Gasteiger partial charge in [-0.3, -0.25) is 4.79 Å². The molecule has 0 aliphatic carbocycles. The fourth-order valence-electron chi connectivity index (χ4n) is 2.10. The zero-order chi connectivity index (χ0) is 14.7. The first kappa shape index (κ1) is 13.4. The van der Waals surface area contributed by atoms with E-state index in [-0.39, 0.29) is 11.6 Å². The lowest BCUT2D eigenvalue weighted by Crippen LogP contribution is -2.15. The van der Waals surface area contributed by atoms with E-state index in [0.717, 1.165) is 5.56 Å². The number of ketones is 1. The van der Waals surface area contributed by atoms with Crippen molar-refractivity contribution < 1.29 is 18.7 Å². The molecule has 1 aliphatic heterocycles. The van der Waals surface area contributed by atoms with Crippen molar-refractivity contribution in [2.45, 2.75) is 0 Å². The molecule has 0 unspecified atom stereocenters. The van der Waals surface area contributed by atoms with Gasteiger partial charge in [-0.2, -0.15) is 0 Å². The molecule has 0 bridgehead atoms. The molecule has 1 heterocycles. The van der Waals surface area contributed by atoms with Crippen LogP contribution < -0.4 is 9.47 Å². The number of fused-ring (bicyclic) bond motifs is 1. The van der Waals surface area contributed by atoms with Crippen molar-refractivity contribution in [3.63, 3.8) is 0 Å². The molecule has 0 radical (unpaired) electrons. The van der Waals surface area contributed by atoms with Crippen LogP contribution in [0.25, 0.3) is 6.08 Å². The molecule has 21 heavy (non-hydrogen) atoms. The molecule has 3 rings (SSSR count). The molecule has 0 saturated carbocycles. The second-order valence-corrected chi connectivity index (χ2v) is 4.58. The summed E-state index contributed by atoms with van der Waals surface area (Å²) in [6.07, 6.45) is 3.13. The minimum Gasteiger partial charge on any atom is -0.486 e. The summed E-state index contributed by atoms with van der Waals surface area (Å²) in [7, 11) is 0. The van der Waals surface area contributed by atoms with Gasteiger partial charge in [0.05, 0.1) is 0 Å². The normalized spacial score (nSPS) is 13.4. The van der Waals surface area contributed by atoms with Crippen LogP contribution in [0.4, 0.5) is 4.39 Å². The van der Waals surface area contributed by atoms with E-state index < -0.39 is 0 Å². The molecule has 3 nitrogen and oxygen atoms in total. The quantitative estimate of drug-likeness (QED) is 0.639. The molecule has 0 amide bonds. The standard InChI is InChI=1S/C17H13FO3/c18-14-7-4-12(5-8-14)15(19)9-6-13-2-1-3-16-17(13)21-11-10-20-16/h1-9H,10-11H2/b9-6+. The summed E-state index contributed by atoms with van der Waals surface area (Å²) in [6.45, 7) is 1.01. The average Bonchev–Trinajstić information content (AvgIpc) is 2.53. The summed E-state index contributed by atoms with van der Waals surface area (Å²) in [4.78, 5) is 12.0. The third kappa shape index (κ3) is 2.94. The molecule has 2 aromatic carbocycles. The lowest BCUT2D eigenvalue weighted by Gasteiger charge is -2.19. The number of carbonyl (C=O) groups excluding carboxylic acids is 1. The van der Waals surface area contributed by atoms with Crippen LogP contribution in [0.1, 0.15) is 15.9 Å². The Morgan fingerprint density at radius 2 is 1.81 bits per heavy atom. The van der Waals surface area contributed by atoms with Crippen LogP contribution in [-0.4, -0.2) is 19.0 Å². The van der Waals surface area contributed by atoms with Crippen molar-refractivity contribution >= 4 is 11.9 Å². The predicted octanol–water partition coefficient (Wildman–Crippen LogP) is 3.49. The van der Waals surface area contributed by atoms with E-state index in [1.807, 2.05) is 18.2 Å². The van der Waals surface area contributed by atoms with Crippen molar-refractivity contribution in [1.82, 2.24) is 0 Å². The Morgan fingerprint density at radius 1 is 1.05 bits per heavy atom. The van der Waals surface area contributed by atoms with Crippen molar-refractivity contribution in [3.05, 3.63) is 65.5 Å². The number of benzene rings is 2. The van der Waals surface area contributed by atoms with Gasteiger partial charge in [0.15, 0.2) is 17.3 Å². The fraction of sp³-hybridized carbons (Fsp3) is 0.118. The van der Waals surface area contributed by atoms with Gasteiger partial charge >= 0.3 is 0 Å². The maximum Gasteiger partial charge on any atom is 0.185 e. The zero-order valence-electron chi connectivity index (χ0n) is 11.2. The number of hydrogen-bond donors (Lipinski definition) is 0. The third-order valence-electron chi connectivity index (χ3n) is 3.14. The number of hydrogen-bond acceptors (Lipinski definition) is 3. The highest BCUT2D eigenvalue weighted by atomic mass is 19.1. The van der Waals surface area contributed by atoms with Crippen LogP contribution in [0.3, 0.4) is 0 Å². The Hall–Kier alpha value is -2.62. The van der Waals surface area contributed by atoms with E-state index in [0.29, 0.717) is 30.3 Å². The first-order chi connectivity index (χ1) is 10.2. The maximum atomic E-state index is 12.8. The van der Waals surface area contributed by atoms with E-state index in [1.165, 1.54) is 30.3 Å². The van der Waals surface area contributed by atoms with Gasteiger partial charge in [-0.05, 0) is 42.5 Å². The van der Waals surface area contributed by atoms with Crippen molar-refractivity contribution in [3.8, 4) is 11.5 Å². The molecule has 2 aromatic rings. The topological polar surface area (TPSA) is 35.5 Å². The Bertz CT molecular complexity index is 690. The van der Waals surface area contributed by atoms with E-state index in [4.69, 9.17) is 9.47 Å². The summed E-state index contributed by atoms with van der Waals surface area (Å²) in [6, 6.07) is 11.0. The molecule has 4 heteroatoms. The highest BCUT2D eigenvalue weighted by Gasteiger charge is 2.14. The molecule has 1 aliphatic rings. The largest absolute Gasteiger partial charge is 0.486 e. The lowest BCUT2D eigenvalue weighted by molar-refractivity contribution is 0.104. The number of ether oxygens (including phenoxy) is 2. The van der Waals surface area contributed by atoms with Gasteiger partial charge in [0.1, 0.15) is 19.0 Å². The monoisotopic (exact) mass is 284 g/mol. The zero-order valence-corrected chi connectivity index (χ0v) is 11.2. The number of allylic oxidation sites excluding steroid dienone is 1. The van der Waals surface area contributed by atoms with Crippen LogP contribution in [0, 0.1) is 5.82 Å². The predicted molar refractivity (Wildman–Crippen MR) is 77.2 cm³/mol. The van der Waals surface area contributed by atoms with Gasteiger partial charge < -0.3 is 9.47 Å². The Morgan fingerprint density at radius 3 is 2.62 bits per heavy atom. The molecule has 0 fully saturated rings. The molecular formula is C17H13FO3. The molecule has 0 N–H and O–H groups in total. The summed E-state index contributed by atoms with van der Waals surface area (Å²) in [5.74, 6) is 0.770. The van der Waals surface area contributed by atoms with Gasteiger partial charge in [0.2, 0.25) is 0 Å². The minimum absolute atomic E-state index is 0.190. The minimum atomic E-state index is -0.363. The van der Waals surface area contributed by atoms with Gasteiger partial charge in [-0.25, -0.2) is 4.39 Å². The van der Waals surface area contributed by atoms with Crippen LogP contribution in [0.2, 0.25) is 0 Å². The molecular weight excluding hydrogens is 271 g/mol. The van der Waals surface area contributed by atoms with Crippen LogP contribution >= 0.6 is 0 Å². The Kier molecular flexibility index (Phi) is 3.69. The average molecular weight is 284 g/mol. The first-order valence-corrected chi connectivity index (χ1v) is 6.60. The van der Waals surface area contributed by atoms with Gasteiger partial charge in [0, 0.05) is 11.1 Å². The van der Waals surface area contributed by atoms with E-state index in [9.17, 15) is 9.18 Å². The fourth-order valence-corrected chi connectivity index (χ4v) is 2.10. The van der Waals surface area contributed by atoms with Crippen molar-refractivity contribution in [2.75, 3.05) is 13.2 Å². The van der Waals surface area contributed by atoms with Gasteiger partial charge in [0.25, 0.3) is 0 Å². The second-order valence-electron chi connectivity index (χ2n) is 4.58. The van der Waals surface area contributed by atoms with Gasteiger partial charge in [-0.1, -0.05) is 12.1 Å². The second kappa shape index (κ2) is 5.79. The number of carbonyl (C=O) groups is 1. The highest BCUT2D eigenvalue weighted by Crippen LogP contribution is 2.34. The maximum absolute atomic E-state index is 12.8. The summed E-state index contributed by atoms with van der Waals surface area (Å²) in [5, 5.41) is 0. The van der Waals surface area contributed by atoms with Gasteiger partial charge in [-0.15, -0.1) is 0 Å². The van der Waals surface area contributed by atoms with Crippen LogP contribution in [-0.2, 0) is 0 Å². The molecule has 106 valence electrons. The molecule has 0 atom stereocenters. The number of para-hydroxylation sites is 1. The Labute approximate surface area is 121 Å². The van der Waals surface area contributed by atoms with E-state index >= 15 is 0 Å². The number of rotatable bonds is 3. The van der Waals surface area contributed by atoms with Crippen molar-refractivity contribution in [2.24, 2.45) is 0 Å². The smallest absolute Gasteiger partial charge is 0.185 e. The van der Waals surface area contributed by atoms with Crippen LogP contribution in [0.5, 0.6) is 11.5 Å². The van der Waals surface area contributed by atoms with Crippen LogP contribution in [0.15, 0.2) is 48.5 Å². The summed E-state index contributed by atoms with van der Waals surface area (Å²) < 4.78 is 23.9. The highest BCUT2D eigenvalue weighted by molar-refractivity contribution is 6.06. The lowest BCUT2D eigenvalue weighted by atomic mass is 10.1. The van der Waals surface area contributed by atoms with E-state index in [2.05, 4.69) is 0 Å².